The Morgan fingerprint density at radius 1 is 1.26 bits per heavy atom. The van der Waals surface area contributed by atoms with E-state index in [1.165, 1.54) is 13.2 Å². The quantitative estimate of drug-likeness (QED) is 0.709. The highest BCUT2D eigenvalue weighted by Crippen LogP contribution is 2.25. The summed E-state index contributed by atoms with van der Waals surface area (Å²) < 4.78 is 8.15. The predicted molar refractivity (Wildman–Crippen MR) is 100 cm³/mol. The van der Waals surface area contributed by atoms with Crippen molar-refractivity contribution >= 4 is 5.91 Å². The van der Waals surface area contributed by atoms with Gasteiger partial charge in [-0.05, 0) is 6.92 Å². The number of carbonyl (C=O) groups excluding carboxylic acids is 1. The summed E-state index contributed by atoms with van der Waals surface area (Å²) in [7, 11) is 3.32. The van der Waals surface area contributed by atoms with Crippen LogP contribution in [0.15, 0.2) is 47.4 Å². The topological polar surface area (TPSA) is 91.0 Å². The van der Waals surface area contributed by atoms with Crippen molar-refractivity contribution in [2.24, 2.45) is 7.05 Å². The Kier molecular flexibility index (Phi) is 5.35. The first kappa shape index (κ1) is 18.4. The largest absolute Gasteiger partial charge is 0.494 e. The zero-order chi connectivity index (χ0) is 19.4. The monoisotopic (exact) mass is 367 g/mol. The SMILES string of the molecule is COc1cc(=O)n(CC(=O)NCc2cnn(C)c2C)nc1-c1ccccc1. The van der Waals surface area contributed by atoms with E-state index in [9.17, 15) is 9.59 Å². The van der Waals surface area contributed by atoms with Crippen LogP contribution >= 0.6 is 0 Å². The Hall–Kier alpha value is -3.42. The predicted octanol–water partition coefficient (Wildman–Crippen LogP) is 1.28. The molecule has 0 aliphatic carbocycles. The molecule has 27 heavy (non-hydrogen) atoms. The van der Waals surface area contributed by atoms with Crippen LogP contribution in [0.1, 0.15) is 11.3 Å². The summed E-state index contributed by atoms with van der Waals surface area (Å²) in [5.74, 6) is 0.0610. The minimum Gasteiger partial charge on any atom is -0.494 e. The molecule has 0 radical (unpaired) electrons. The summed E-state index contributed by atoms with van der Waals surface area (Å²) in [4.78, 5) is 24.6. The van der Waals surface area contributed by atoms with Gasteiger partial charge in [-0.1, -0.05) is 30.3 Å². The first-order chi connectivity index (χ1) is 13.0. The van der Waals surface area contributed by atoms with Crippen LogP contribution in [0.4, 0.5) is 0 Å². The van der Waals surface area contributed by atoms with E-state index in [1.807, 2.05) is 44.3 Å². The summed E-state index contributed by atoms with van der Waals surface area (Å²) >= 11 is 0. The number of methoxy groups -OCH3 is 1. The Morgan fingerprint density at radius 3 is 2.63 bits per heavy atom. The summed E-state index contributed by atoms with van der Waals surface area (Å²) in [5, 5.41) is 11.3. The van der Waals surface area contributed by atoms with Crippen molar-refractivity contribution in [1.82, 2.24) is 24.9 Å². The third-order valence-electron chi connectivity index (χ3n) is 4.34. The van der Waals surface area contributed by atoms with Crippen molar-refractivity contribution in [2.45, 2.75) is 20.0 Å². The molecule has 0 bridgehead atoms. The van der Waals surface area contributed by atoms with Gasteiger partial charge in [-0.15, -0.1) is 0 Å². The number of nitrogens with one attached hydrogen (secondary N) is 1. The van der Waals surface area contributed by atoms with Crippen LogP contribution in [0, 0.1) is 6.92 Å². The molecule has 0 unspecified atom stereocenters. The van der Waals surface area contributed by atoms with Gasteiger partial charge in [0, 0.05) is 36.5 Å². The molecule has 1 amide bonds. The van der Waals surface area contributed by atoms with Gasteiger partial charge in [-0.25, -0.2) is 4.68 Å². The summed E-state index contributed by atoms with van der Waals surface area (Å²) in [6, 6.07) is 10.7. The van der Waals surface area contributed by atoms with Crippen molar-refractivity contribution in [3.8, 4) is 17.0 Å². The van der Waals surface area contributed by atoms with Crippen LogP contribution in [0.3, 0.4) is 0 Å². The Morgan fingerprint density at radius 2 is 2.00 bits per heavy atom. The molecule has 2 aromatic heterocycles. The fourth-order valence-electron chi connectivity index (χ4n) is 2.64. The van der Waals surface area contributed by atoms with E-state index in [2.05, 4.69) is 15.5 Å². The molecule has 0 spiro atoms. The molecule has 3 rings (SSSR count). The molecule has 0 aliphatic rings. The number of carbonyl (C=O) groups is 1. The van der Waals surface area contributed by atoms with Gasteiger partial charge in [0.15, 0.2) is 5.75 Å². The number of rotatable bonds is 6. The molecule has 0 atom stereocenters. The highest BCUT2D eigenvalue weighted by Gasteiger charge is 2.14. The first-order valence-corrected chi connectivity index (χ1v) is 8.45. The second kappa shape index (κ2) is 7.86. The summed E-state index contributed by atoms with van der Waals surface area (Å²) in [5.41, 5.74) is 2.80. The fraction of sp³-hybridized carbons (Fsp3) is 0.263. The Balaban J connectivity index is 1.79. The van der Waals surface area contributed by atoms with E-state index < -0.39 is 5.56 Å². The van der Waals surface area contributed by atoms with Crippen LogP contribution in [0.5, 0.6) is 5.75 Å². The van der Waals surface area contributed by atoms with Gasteiger partial charge in [0.1, 0.15) is 12.2 Å². The van der Waals surface area contributed by atoms with Gasteiger partial charge < -0.3 is 10.1 Å². The van der Waals surface area contributed by atoms with Gasteiger partial charge in [-0.2, -0.15) is 10.2 Å². The molecule has 0 saturated heterocycles. The number of hydrogen-bond donors (Lipinski definition) is 1. The molecule has 3 aromatic rings. The van der Waals surface area contributed by atoms with E-state index in [4.69, 9.17) is 4.74 Å². The van der Waals surface area contributed by atoms with Crippen LogP contribution in [0.2, 0.25) is 0 Å². The minimum atomic E-state index is -0.403. The van der Waals surface area contributed by atoms with Crippen molar-refractivity contribution in [3.05, 3.63) is 64.2 Å². The molecule has 8 nitrogen and oxygen atoms in total. The van der Waals surface area contributed by atoms with E-state index in [1.54, 1.807) is 10.9 Å². The molecular weight excluding hydrogens is 346 g/mol. The van der Waals surface area contributed by atoms with E-state index in [-0.39, 0.29) is 12.5 Å². The number of aromatic nitrogens is 4. The maximum absolute atomic E-state index is 12.3. The van der Waals surface area contributed by atoms with Crippen LogP contribution < -0.4 is 15.6 Å². The molecule has 2 heterocycles. The molecule has 0 aliphatic heterocycles. The minimum absolute atomic E-state index is 0.179. The molecule has 0 saturated carbocycles. The van der Waals surface area contributed by atoms with E-state index >= 15 is 0 Å². The number of nitrogens with zero attached hydrogens (tertiary/aromatic N) is 4. The highest BCUT2D eigenvalue weighted by atomic mass is 16.5. The van der Waals surface area contributed by atoms with Gasteiger partial charge in [0.25, 0.3) is 5.56 Å². The Bertz CT molecular complexity index is 1010. The highest BCUT2D eigenvalue weighted by molar-refractivity contribution is 5.75. The zero-order valence-corrected chi connectivity index (χ0v) is 15.5. The average Bonchev–Trinajstić information content (AvgIpc) is 3.00. The standard InChI is InChI=1S/C19H21N5O3/c1-13-15(11-21-23(13)2)10-20-17(25)12-24-18(26)9-16(27-3)19(22-24)14-7-5-4-6-8-14/h4-9,11H,10,12H2,1-3H3,(H,20,25). The normalized spacial score (nSPS) is 10.6. The maximum atomic E-state index is 12.3. The Labute approximate surface area is 156 Å². The smallest absolute Gasteiger partial charge is 0.270 e. The van der Waals surface area contributed by atoms with Crippen LogP contribution in [-0.2, 0) is 24.9 Å². The first-order valence-electron chi connectivity index (χ1n) is 8.45. The van der Waals surface area contributed by atoms with Crippen molar-refractivity contribution in [2.75, 3.05) is 7.11 Å². The second-order valence-corrected chi connectivity index (χ2v) is 6.08. The second-order valence-electron chi connectivity index (χ2n) is 6.08. The van der Waals surface area contributed by atoms with Crippen LogP contribution in [-0.4, -0.2) is 32.6 Å². The summed E-state index contributed by atoms with van der Waals surface area (Å²) in [6.45, 7) is 2.09. The lowest BCUT2D eigenvalue weighted by atomic mass is 10.1. The maximum Gasteiger partial charge on any atom is 0.270 e. The molecule has 1 N–H and O–H groups in total. The lowest BCUT2D eigenvalue weighted by Gasteiger charge is -2.11. The number of hydrogen-bond acceptors (Lipinski definition) is 5. The zero-order valence-electron chi connectivity index (χ0n) is 15.5. The third-order valence-corrected chi connectivity index (χ3v) is 4.34. The van der Waals surface area contributed by atoms with Crippen molar-refractivity contribution in [3.63, 3.8) is 0 Å². The number of ether oxygens (including phenoxy) is 1. The molecule has 0 fully saturated rings. The van der Waals surface area contributed by atoms with Gasteiger partial charge in [0.2, 0.25) is 5.91 Å². The lowest BCUT2D eigenvalue weighted by molar-refractivity contribution is -0.122. The van der Waals surface area contributed by atoms with E-state index in [0.717, 1.165) is 21.5 Å². The fourth-order valence-corrected chi connectivity index (χ4v) is 2.64. The van der Waals surface area contributed by atoms with Crippen LogP contribution in [0.25, 0.3) is 11.3 Å². The van der Waals surface area contributed by atoms with Crippen molar-refractivity contribution < 1.29 is 9.53 Å². The molecule has 1 aromatic carbocycles. The molecule has 8 heteroatoms. The third kappa shape index (κ3) is 4.05. The van der Waals surface area contributed by atoms with Crippen molar-refractivity contribution in [1.29, 1.82) is 0 Å². The number of amides is 1. The van der Waals surface area contributed by atoms with Gasteiger partial charge in [-0.3, -0.25) is 14.3 Å². The summed E-state index contributed by atoms with van der Waals surface area (Å²) in [6.07, 6.45) is 1.71. The van der Waals surface area contributed by atoms with E-state index in [0.29, 0.717) is 18.0 Å². The molecular formula is C19H21N5O3. The molecule has 140 valence electrons. The lowest BCUT2D eigenvalue weighted by Crippen LogP contribution is -2.33. The van der Waals surface area contributed by atoms with Gasteiger partial charge >= 0.3 is 0 Å². The average molecular weight is 367 g/mol. The number of benzene rings is 1. The number of aryl methyl sites for hydroxylation is 1. The van der Waals surface area contributed by atoms with Gasteiger partial charge in [0.05, 0.1) is 13.3 Å².